The van der Waals surface area contributed by atoms with Crippen molar-refractivity contribution in [2.24, 2.45) is 0 Å². The number of rotatable bonds is 0. The predicted molar refractivity (Wildman–Crippen MR) is 63.5 cm³/mol. The molecule has 0 aliphatic heterocycles. The van der Waals surface area contributed by atoms with Crippen LogP contribution in [-0.2, 0) is 4.79 Å². The van der Waals surface area contributed by atoms with E-state index in [-0.39, 0.29) is 11.6 Å². The summed E-state index contributed by atoms with van der Waals surface area (Å²) in [7, 11) is 0. The van der Waals surface area contributed by atoms with Gasteiger partial charge in [-0.1, -0.05) is 12.1 Å². The molecule has 0 amide bonds. The van der Waals surface area contributed by atoms with Gasteiger partial charge in [-0.15, -0.1) is 0 Å². The van der Waals surface area contributed by atoms with E-state index in [1.807, 2.05) is 26.8 Å². The smallest absolute Gasteiger partial charge is 0.233 e. The zero-order valence-corrected chi connectivity index (χ0v) is 9.97. The topological polar surface area (TPSA) is 34.1 Å². The van der Waals surface area contributed by atoms with Gasteiger partial charge in [0, 0.05) is 11.1 Å². The Labute approximate surface area is 95.0 Å². The fourth-order valence-corrected chi connectivity index (χ4v) is 2.14. The van der Waals surface area contributed by atoms with E-state index in [4.69, 9.17) is 0 Å². The molecule has 0 heterocycles. The molecule has 0 bridgehead atoms. The van der Waals surface area contributed by atoms with E-state index in [1.54, 1.807) is 13.0 Å². The van der Waals surface area contributed by atoms with E-state index in [9.17, 15) is 9.59 Å². The number of ketones is 2. The molecular weight excluding hydrogens is 200 g/mol. The molecule has 1 aliphatic carbocycles. The molecule has 0 atom stereocenters. The van der Waals surface area contributed by atoms with Crippen molar-refractivity contribution >= 4 is 17.1 Å². The molecule has 2 nitrogen and oxygen atoms in total. The summed E-state index contributed by atoms with van der Waals surface area (Å²) < 4.78 is 0. The van der Waals surface area contributed by atoms with E-state index in [0.717, 1.165) is 22.3 Å². The van der Waals surface area contributed by atoms with Crippen molar-refractivity contribution in [1.82, 2.24) is 0 Å². The highest BCUT2D eigenvalue weighted by Gasteiger charge is 2.29. The predicted octanol–water partition coefficient (Wildman–Crippen LogP) is 2.86. The summed E-state index contributed by atoms with van der Waals surface area (Å²) in [6, 6.07) is 3.65. The van der Waals surface area contributed by atoms with Gasteiger partial charge in [0.15, 0.2) is 0 Å². The number of carbonyl (C=O) groups is 2. The molecule has 2 heteroatoms. The number of aryl methyl sites for hydroxylation is 1. The van der Waals surface area contributed by atoms with Gasteiger partial charge in [0.2, 0.25) is 11.6 Å². The Kier molecular flexibility index (Phi) is 2.30. The van der Waals surface area contributed by atoms with Crippen LogP contribution in [0.1, 0.15) is 40.9 Å². The Hall–Kier alpha value is -1.70. The summed E-state index contributed by atoms with van der Waals surface area (Å²) in [4.78, 5) is 23.5. The first-order valence-corrected chi connectivity index (χ1v) is 5.32. The summed E-state index contributed by atoms with van der Waals surface area (Å²) in [5.74, 6) is -0.741. The molecule has 0 radical (unpaired) electrons. The number of hydrogen-bond donors (Lipinski definition) is 0. The van der Waals surface area contributed by atoms with Gasteiger partial charge in [0.1, 0.15) is 0 Å². The normalized spacial score (nSPS) is 15.5. The summed E-state index contributed by atoms with van der Waals surface area (Å²) >= 11 is 0. The first-order valence-electron chi connectivity index (χ1n) is 5.32. The van der Waals surface area contributed by atoms with Crippen LogP contribution < -0.4 is 0 Å². The van der Waals surface area contributed by atoms with Gasteiger partial charge in [0.25, 0.3) is 0 Å². The third-order valence-corrected chi connectivity index (χ3v) is 3.46. The summed E-state index contributed by atoms with van der Waals surface area (Å²) in [5.41, 5.74) is 5.24. The summed E-state index contributed by atoms with van der Waals surface area (Å²) in [6.45, 7) is 7.64. The molecule has 0 N–H and O–H groups in total. The number of fused-ring (bicyclic) bond motifs is 1. The molecule has 16 heavy (non-hydrogen) atoms. The maximum Gasteiger partial charge on any atom is 0.233 e. The Balaban J connectivity index is 2.87. The summed E-state index contributed by atoms with van der Waals surface area (Å²) in [5, 5.41) is 0. The van der Waals surface area contributed by atoms with Gasteiger partial charge >= 0.3 is 0 Å². The van der Waals surface area contributed by atoms with Gasteiger partial charge in [-0.05, 0) is 50.0 Å². The second-order valence-electron chi connectivity index (χ2n) is 4.34. The standard InChI is InChI=1S/C14H14O2/c1-7-5-6-11-12(8(7)2)9(3)10(4)13(15)14(11)16/h5-6H,1-4H3. The molecule has 2 rings (SSSR count). The highest BCUT2D eigenvalue weighted by Crippen LogP contribution is 2.32. The van der Waals surface area contributed by atoms with Crippen LogP contribution in [-0.4, -0.2) is 11.6 Å². The van der Waals surface area contributed by atoms with Crippen molar-refractivity contribution in [2.45, 2.75) is 27.7 Å². The molecule has 1 aromatic carbocycles. The minimum Gasteiger partial charge on any atom is -0.285 e. The van der Waals surface area contributed by atoms with Crippen LogP contribution >= 0.6 is 0 Å². The van der Waals surface area contributed by atoms with Gasteiger partial charge < -0.3 is 0 Å². The fourth-order valence-electron chi connectivity index (χ4n) is 2.14. The van der Waals surface area contributed by atoms with Crippen LogP contribution in [0.5, 0.6) is 0 Å². The van der Waals surface area contributed by atoms with Crippen LogP contribution in [0.2, 0.25) is 0 Å². The largest absolute Gasteiger partial charge is 0.285 e. The van der Waals surface area contributed by atoms with E-state index in [0.29, 0.717) is 11.1 Å². The minimum atomic E-state index is -0.374. The number of benzene rings is 1. The number of Topliss-reactive ketones (excluding diaryl/α,β-unsaturated/α-hetero) is 2. The fraction of sp³-hybridized carbons (Fsp3) is 0.286. The lowest BCUT2D eigenvalue weighted by molar-refractivity contribution is -0.111. The molecular formula is C14H14O2. The molecule has 0 saturated heterocycles. The SMILES string of the molecule is CC1=C(C)c2c(ccc(C)c2C)C(=O)C1=O. The molecule has 0 spiro atoms. The quantitative estimate of drug-likeness (QED) is 0.622. The second-order valence-corrected chi connectivity index (χ2v) is 4.34. The van der Waals surface area contributed by atoms with E-state index in [2.05, 4.69) is 0 Å². The van der Waals surface area contributed by atoms with Crippen molar-refractivity contribution in [3.05, 3.63) is 40.0 Å². The van der Waals surface area contributed by atoms with E-state index < -0.39 is 0 Å². The lowest BCUT2D eigenvalue weighted by atomic mass is 9.82. The van der Waals surface area contributed by atoms with Crippen LogP contribution in [0.4, 0.5) is 0 Å². The van der Waals surface area contributed by atoms with Gasteiger partial charge in [-0.2, -0.15) is 0 Å². The Morgan fingerprint density at radius 3 is 2.06 bits per heavy atom. The van der Waals surface area contributed by atoms with Crippen molar-refractivity contribution in [1.29, 1.82) is 0 Å². The van der Waals surface area contributed by atoms with Crippen LogP contribution in [0.15, 0.2) is 17.7 Å². The average molecular weight is 214 g/mol. The van der Waals surface area contributed by atoms with Crippen LogP contribution in [0.3, 0.4) is 0 Å². The highest BCUT2D eigenvalue weighted by atomic mass is 16.2. The van der Waals surface area contributed by atoms with Gasteiger partial charge in [0.05, 0.1) is 0 Å². The number of allylic oxidation sites excluding steroid dienone is 2. The molecule has 1 aliphatic rings. The maximum absolute atomic E-state index is 11.9. The first kappa shape index (κ1) is 10.8. The van der Waals surface area contributed by atoms with Gasteiger partial charge in [-0.25, -0.2) is 0 Å². The lowest BCUT2D eigenvalue weighted by Crippen LogP contribution is -2.23. The Morgan fingerprint density at radius 1 is 0.812 bits per heavy atom. The third kappa shape index (κ3) is 1.26. The Morgan fingerprint density at radius 2 is 1.44 bits per heavy atom. The van der Waals surface area contributed by atoms with Crippen LogP contribution in [0, 0.1) is 13.8 Å². The maximum atomic E-state index is 11.9. The molecule has 1 aromatic rings. The highest BCUT2D eigenvalue weighted by molar-refractivity contribution is 6.52. The molecule has 82 valence electrons. The molecule has 0 unspecified atom stereocenters. The zero-order chi connectivity index (χ0) is 12.0. The monoisotopic (exact) mass is 214 g/mol. The first-order chi connectivity index (χ1) is 7.45. The molecule has 0 saturated carbocycles. The van der Waals surface area contributed by atoms with E-state index >= 15 is 0 Å². The van der Waals surface area contributed by atoms with Crippen LogP contribution in [0.25, 0.3) is 5.57 Å². The van der Waals surface area contributed by atoms with Crippen molar-refractivity contribution < 1.29 is 9.59 Å². The molecule has 0 fully saturated rings. The summed E-state index contributed by atoms with van der Waals surface area (Å²) in [6.07, 6.45) is 0. The zero-order valence-electron chi connectivity index (χ0n) is 9.97. The third-order valence-electron chi connectivity index (χ3n) is 3.46. The van der Waals surface area contributed by atoms with Crippen molar-refractivity contribution in [3.8, 4) is 0 Å². The second kappa shape index (κ2) is 3.41. The van der Waals surface area contributed by atoms with Crippen molar-refractivity contribution in [3.63, 3.8) is 0 Å². The number of carbonyl (C=O) groups excluding carboxylic acids is 2. The number of hydrogen-bond acceptors (Lipinski definition) is 2. The lowest BCUT2D eigenvalue weighted by Gasteiger charge is -2.20. The average Bonchev–Trinajstić information content (AvgIpc) is 2.27. The Bertz CT molecular complexity index is 548. The minimum absolute atomic E-state index is 0.367. The van der Waals surface area contributed by atoms with Crippen molar-refractivity contribution in [2.75, 3.05) is 0 Å². The molecule has 0 aromatic heterocycles. The van der Waals surface area contributed by atoms with E-state index in [1.165, 1.54) is 0 Å². The van der Waals surface area contributed by atoms with Gasteiger partial charge in [-0.3, -0.25) is 9.59 Å².